The van der Waals surface area contributed by atoms with Crippen molar-refractivity contribution in [3.63, 3.8) is 0 Å². The van der Waals surface area contributed by atoms with Gasteiger partial charge >= 0.3 is 5.97 Å². The fraction of sp³-hybridized carbons (Fsp3) is 0.333. The van der Waals surface area contributed by atoms with E-state index in [2.05, 4.69) is 5.32 Å². The second-order valence-electron chi connectivity index (χ2n) is 6.32. The summed E-state index contributed by atoms with van der Waals surface area (Å²) in [6.45, 7) is 3.79. The zero-order chi connectivity index (χ0) is 20.5. The molecule has 1 amide bonds. The lowest BCUT2D eigenvalue weighted by molar-refractivity contribution is -0.124. The van der Waals surface area contributed by atoms with Crippen LogP contribution < -0.4 is 14.8 Å². The van der Waals surface area contributed by atoms with Crippen molar-refractivity contribution < 1.29 is 23.8 Å². The molecule has 0 saturated heterocycles. The molecule has 0 heterocycles. The number of hydrogen-bond acceptors (Lipinski definition) is 5. The van der Waals surface area contributed by atoms with Gasteiger partial charge in [-0.2, -0.15) is 0 Å². The van der Waals surface area contributed by atoms with Gasteiger partial charge in [0.05, 0.1) is 23.8 Å². The predicted octanol–water partition coefficient (Wildman–Crippen LogP) is 3.65. The molecule has 0 fully saturated rings. The van der Waals surface area contributed by atoms with Crippen LogP contribution in [0.2, 0.25) is 5.02 Å². The molecule has 0 unspecified atom stereocenters. The molecule has 0 bridgehead atoms. The van der Waals surface area contributed by atoms with Gasteiger partial charge in [-0.05, 0) is 38.0 Å². The third kappa shape index (κ3) is 6.46. The van der Waals surface area contributed by atoms with E-state index in [0.29, 0.717) is 24.5 Å². The molecular weight excluding hydrogens is 382 g/mol. The highest BCUT2D eigenvalue weighted by molar-refractivity contribution is 6.32. The largest absolute Gasteiger partial charge is 0.493 e. The molecule has 6 nitrogen and oxygen atoms in total. The SMILES string of the molecule is COc1cc(C(=O)OCC(=O)NCCc2ccccc2)cc(Cl)c1OC(C)C. The number of amides is 1. The Labute approximate surface area is 169 Å². The van der Waals surface area contributed by atoms with E-state index in [4.69, 9.17) is 25.8 Å². The minimum atomic E-state index is -0.672. The number of carbonyl (C=O) groups is 2. The van der Waals surface area contributed by atoms with Gasteiger partial charge < -0.3 is 19.5 Å². The summed E-state index contributed by atoms with van der Waals surface area (Å²) in [6.07, 6.45) is 0.591. The summed E-state index contributed by atoms with van der Waals surface area (Å²) in [6, 6.07) is 12.7. The van der Waals surface area contributed by atoms with Crippen molar-refractivity contribution in [2.24, 2.45) is 0 Å². The van der Waals surface area contributed by atoms with Gasteiger partial charge in [0, 0.05) is 6.54 Å². The van der Waals surface area contributed by atoms with Crippen molar-refractivity contribution in [1.29, 1.82) is 0 Å². The van der Waals surface area contributed by atoms with Crippen LogP contribution in [0.1, 0.15) is 29.8 Å². The highest BCUT2D eigenvalue weighted by Gasteiger charge is 2.18. The summed E-state index contributed by atoms with van der Waals surface area (Å²) in [5, 5.41) is 2.94. The van der Waals surface area contributed by atoms with Crippen molar-refractivity contribution in [3.05, 3.63) is 58.6 Å². The van der Waals surface area contributed by atoms with E-state index in [1.54, 1.807) is 0 Å². The second kappa shape index (κ2) is 10.6. The summed E-state index contributed by atoms with van der Waals surface area (Å²) in [5.74, 6) is -0.369. The number of carbonyl (C=O) groups excluding carboxylic acids is 2. The second-order valence-corrected chi connectivity index (χ2v) is 6.72. The third-order valence-electron chi connectivity index (χ3n) is 3.73. The minimum Gasteiger partial charge on any atom is -0.493 e. The Morgan fingerprint density at radius 1 is 1.14 bits per heavy atom. The summed E-state index contributed by atoms with van der Waals surface area (Å²) in [4.78, 5) is 24.1. The van der Waals surface area contributed by atoms with E-state index >= 15 is 0 Å². The highest BCUT2D eigenvalue weighted by atomic mass is 35.5. The minimum absolute atomic E-state index is 0.108. The zero-order valence-electron chi connectivity index (χ0n) is 16.2. The lowest BCUT2D eigenvalue weighted by Crippen LogP contribution is -2.30. The molecule has 2 rings (SSSR count). The van der Waals surface area contributed by atoms with Crippen LogP contribution >= 0.6 is 11.6 Å². The number of ether oxygens (including phenoxy) is 3. The topological polar surface area (TPSA) is 73.9 Å². The van der Waals surface area contributed by atoms with Crippen LogP contribution in [0, 0.1) is 0 Å². The normalized spacial score (nSPS) is 10.5. The molecule has 0 aliphatic carbocycles. The van der Waals surface area contributed by atoms with Gasteiger partial charge in [0.15, 0.2) is 18.1 Å². The van der Waals surface area contributed by atoms with E-state index in [1.807, 2.05) is 44.2 Å². The Balaban J connectivity index is 1.88. The predicted molar refractivity (Wildman–Crippen MR) is 107 cm³/mol. The van der Waals surface area contributed by atoms with Gasteiger partial charge in [-0.25, -0.2) is 4.79 Å². The molecule has 0 radical (unpaired) electrons. The number of nitrogens with one attached hydrogen (secondary N) is 1. The van der Waals surface area contributed by atoms with Crippen LogP contribution in [0.5, 0.6) is 11.5 Å². The molecule has 2 aromatic rings. The number of esters is 1. The van der Waals surface area contributed by atoms with Crippen molar-refractivity contribution in [1.82, 2.24) is 5.32 Å². The molecule has 150 valence electrons. The first kappa shape index (κ1) is 21.6. The number of halogens is 1. The van der Waals surface area contributed by atoms with E-state index in [9.17, 15) is 9.59 Å². The standard InChI is InChI=1S/C21H24ClNO5/c1-14(2)28-20-17(22)11-16(12-18(20)26-3)21(25)27-13-19(24)23-10-9-15-7-5-4-6-8-15/h4-8,11-12,14H,9-10,13H2,1-3H3,(H,23,24). The number of methoxy groups -OCH3 is 1. The van der Waals surface area contributed by atoms with Gasteiger partial charge in [-0.1, -0.05) is 41.9 Å². The van der Waals surface area contributed by atoms with Crippen LogP contribution in [-0.2, 0) is 16.0 Å². The van der Waals surface area contributed by atoms with Crippen molar-refractivity contribution >= 4 is 23.5 Å². The van der Waals surface area contributed by atoms with E-state index in [0.717, 1.165) is 5.56 Å². The zero-order valence-corrected chi connectivity index (χ0v) is 16.9. The number of benzene rings is 2. The van der Waals surface area contributed by atoms with Crippen LogP contribution in [0.3, 0.4) is 0 Å². The molecule has 0 aliphatic rings. The van der Waals surface area contributed by atoms with Crippen LogP contribution in [0.15, 0.2) is 42.5 Å². The fourth-order valence-corrected chi connectivity index (χ4v) is 2.70. The fourth-order valence-electron chi connectivity index (χ4n) is 2.44. The average Bonchev–Trinajstić information content (AvgIpc) is 2.68. The molecule has 0 saturated carbocycles. The summed E-state index contributed by atoms with van der Waals surface area (Å²) < 4.78 is 15.9. The monoisotopic (exact) mass is 405 g/mol. The average molecular weight is 406 g/mol. The lowest BCUT2D eigenvalue weighted by atomic mass is 10.1. The van der Waals surface area contributed by atoms with Gasteiger partial charge in [0.25, 0.3) is 5.91 Å². The summed E-state index contributed by atoms with van der Waals surface area (Å²) >= 11 is 6.20. The lowest BCUT2D eigenvalue weighted by Gasteiger charge is -2.16. The smallest absolute Gasteiger partial charge is 0.338 e. The molecule has 7 heteroatoms. The number of hydrogen-bond donors (Lipinski definition) is 1. The van der Waals surface area contributed by atoms with Crippen molar-refractivity contribution in [2.45, 2.75) is 26.4 Å². The maximum Gasteiger partial charge on any atom is 0.338 e. The summed E-state index contributed by atoms with van der Waals surface area (Å²) in [5.41, 5.74) is 1.29. The molecule has 1 N–H and O–H groups in total. The maximum absolute atomic E-state index is 12.2. The molecule has 0 aliphatic heterocycles. The maximum atomic E-state index is 12.2. The summed E-state index contributed by atoms with van der Waals surface area (Å²) in [7, 11) is 1.45. The Bertz CT molecular complexity index is 808. The first-order valence-corrected chi connectivity index (χ1v) is 9.30. The molecular formula is C21H24ClNO5. The van der Waals surface area contributed by atoms with Gasteiger partial charge in [0.1, 0.15) is 0 Å². The highest BCUT2D eigenvalue weighted by Crippen LogP contribution is 2.37. The van der Waals surface area contributed by atoms with Gasteiger partial charge in [0.2, 0.25) is 0 Å². The van der Waals surface area contributed by atoms with E-state index in [1.165, 1.54) is 19.2 Å². The first-order valence-electron chi connectivity index (χ1n) is 8.92. The molecule has 0 aromatic heterocycles. The Hall–Kier alpha value is -2.73. The van der Waals surface area contributed by atoms with Gasteiger partial charge in [-0.3, -0.25) is 4.79 Å². The molecule has 0 atom stereocenters. The van der Waals surface area contributed by atoms with Crippen LogP contribution in [-0.4, -0.2) is 38.2 Å². The quantitative estimate of drug-likeness (QED) is 0.644. The third-order valence-corrected chi connectivity index (χ3v) is 4.01. The van der Waals surface area contributed by atoms with Crippen LogP contribution in [0.25, 0.3) is 0 Å². The Morgan fingerprint density at radius 3 is 2.50 bits per heavy atom. The van der Waals surface area contributed by atoms with Crippen LogP contribution in [0.4, 0.5) is 0 Å². The van der Waals surface area contributed by atoms with Gasteiger partial charge in [-0.15, -0.1) is 0 Å². The molecule has 2 aromatic carbocycles. The van der Waals surface area contributed by atoms with E-state index in [-0.39, 0.29) is 29.2 Å². The number of rotatable bonds is 9. The molecule has 0 spiro atoms. The molecule has 28 heavy (non-hydrogen) atoms. The Kier molecular flexibility index (Phi) is 8.14. The van der Waals surface area contributed by atoms with E-state index < -0.39 is 5.97 Å². The Morgan fingerprint density at radius 2 is 1.86 bits per heavy atom. The van der Waals surface area contributed by atoms with Crippen molar-refractivity contribution in [2.75, 3.05) is 20.3 Å². The van der Waals surface area contributed by atoms with Crippen molar-refractivity contribution in [3.8, 4) is 11.5 Å². The first-order chi connectivity index (χ1) is 13.4.